The van der Waals surface area contributed by atoms with Crippen LogP contribution in [0.4, 0.5) is 5.69 Å². The fourth-order valence-corrected chi connectivity index (χ4v) is 1.26. The third kappa shape index (κ3) is 1.49. The van der Waals surface area contributed by atoms with Crippen molar-refractivity contribution in [2.24, 2.45) is 4.99 Å². The topological polar surface area (TPSA) is 62.5 Å². The van der Waals surface area contributed by atoms with E-state index in [0.29, 0.717) is 0 Å². The molecular formula is C8H12N4O. The molecule has 2 rings (SSSR count). The van der Waals surface area contributed by atoms with Crippen molar-refractivity contribution in [3.63, 3.8) is 0 Å². The Balaban J connectivity index is 2.16. The predicted octanol–water partition coefficient (Wildman–Crippen LogP) is 0.663. The van der Waals surface area contributed by atoms with Crippen molar-refractivity contribution < 1.29 is 4.52 Å². The van der Waals surface area contributed by atoms with Crippen LogP contribution in [-0.4, -0.2) is 24.2 Å². The molecule has 5 nitrogen and oxygen atoms in total. The lowest BCUT2D eigenvalue weighted by molar-refractivity contribution is 0.393. The molecule has 0 aliphatic carbocycles. The molecule has 2 heterocycles. The highest BCUT2D eigenvalue weighted by atomic mass is 16.5. The van der Waals surface area contributed by atoms with E-state index in [1.807, 2.05) is 13.8 Å². The summed E-state index contributed by atoms with van der Waals surface area (Å²) in [4.78, 5) is 4.22. The van der Waals surface area contributed by atoms with Gasteiger partial charge in [0.15, 0.2) is 11.7 Å². The van der Waals surface area contributed by atoms with Gasteiger partial charge in [-0.2, -0.15) is 0 Å². The molecule has 0 amide bonds. The Morgan fingerprint density at radius 1 is 1.46 bits per heavy atom. The summed E-state index contributed by atoms with van der Waals surface area (Å²) in [5.74, 6) is 1.59. The van der Waals surface area contributed by atoms with Gasteiger partial charge in [0.2, 0.25) is 0 Å². The second-order valence-corrected chi connectivity index (χ2v) is 2.98. The molecule has 1 aliphatic rings. The zero-order valence-corrected chi connectivity index (χ0v) is 7.72. The van der Waals surface area contributed by atoms with Crippen molar-refractivity contribution in [2.75, 3.05) is 18.4 Å². The molecule has 0 unspecified atom stereocenters. The maximum atomic E-state index is 5.01. The summed E-state index contributed by atoms with van der Waals surface area (Å²) in [6.07, 6.45) is 0. The van der Waals surface area contributed by atoms with E-state index >= 15 is 0 Å². The maximum Gasteiger partial charge on any atom is 0.196 e. The number of guanidine groups is 1. The highest BCUT2D eigenvalue weighted by Crippen LogP contribution is 2.18. The van der Waals surface area contributed by atoms with Crippen molar-refractivity contribution in [1.29, 1.82) is 0 Å². The summed E-state index contributed by atoms with van der Waals surface area (Å²) in [5, 5.41) is 10.1. The van der Waals surface area contributed by atoms with E-state index in [9.17, 15) is 0 Å². The lowest BCUT2D eigenvalue weighted by atomic mass is 10.3. The highest BCUT2D eigenvalue weighted by molar-refractivity contribution is 5.95. The summed E-state index contributed by atoms with van der Waals surface area (Å²) in [6.45, 7) is 5.49. The monoisotopic (exact) mass is 180 g/mol. The van der Waals surface area contributed by atoms with Crippen molar-refractivity contribution in [3.8, 4) is 0 Å². The number of hydrogen-bond acceptors (Lipinski definition) is 5. The largest absolute Gasteiger partial charge is 0.359 e. The van der Waals surface area contributed by atoms with E-state index in [4.69, 9.17) is 4.52 Å². The summed E-state index contributed by atoms with van der Waals surface area (Å²) >= 11 is 0. The second-order valence-electron chi connectivity index (χ2n) is 2.98. The van der Waals surface area contributed by atoms with E-state index in [2.05, 4.69) is 20.8 Å². The van der Waals surface area contributed by atoms with E-state index in [-0.39, 0.29) is 0 Å². The normalized spacial score (nSPS) is 15.4. The number of aliphatic imine (C=N–C) groups is 1. The van der Waals surface area contributed by atoms with Crippen LogP contribution in [0.25, 0.3) is 0 Å². The first-order valence-electron chi connectivity index (χ1n) is 4.25. The number of nitrogens with one attached hydrogen (secondary N) is 2. The van der Waals surface area contributed by atoms with Gasteiger partial charge in [-0.15, -0.1) is 0 Å². The summed E-state index contributed by atoms with van der Waals surface area (Å²) in [5.41, 5.74) is 1.77. The molecule has 0 fully saturated rings. The molecule has 5 heteroatoms. The molecule has 13 heavy (non-hydrogen) atoms. The van der Waals surface area contributed by atoms with Crippen molar-refractivity contribution >= 4 is 11.6 Å². The fraction of sp³-hybridized carbons (Fsp3) is 0.500. The van der Waals surface area contributed by atoms with Crippen molar-refractivity contribution in [1.82, 2.24) is 10.5 Å². The Bertz CT molecular complexity index is 322. The minimum atomic E-state index is 0.786. The Kier molecular flexibility index (Phi) is 1.92. The lowest BCUT2D eigenvalue weighted by Crippen LogP contribution is -2.26. The molecule has 1 aromatic heterocycles. The quantitative estimate of drug-likeness (QED) is 0.666. The summed E-state index contributed by atoms with van der Waals surface area (Å²) in [7, 11) is 0. The summed E-state index contributed by atoms with van der Waals surface area (Å²) in [6, 6.07) is 0. The number of anilines is 1. The minimum absolute atomic E-state index is 0.786. The molecule has 0 aromatic carbocycles. The zero-order valence-electron chi connectivity index (χ0n) is 7.72. The first kappa shape index (κ1) is 8.10. The Labute approximate surface area is 76.2 Å². The zero-order chi connectivity index (χ0) is 9.26. The lowest BCUT2D eigenvalue weighted by Gasteiger charge is -2.04. The number of aromatic nitrogens is 1. The standard InChI is InChI=1S/C8H12N4O/c1-5-7(6(2)13-12-5)11-8-9-3-4-10-8/h3-4H2,1-2H3,(H2,9,10,11). The third-order valence-corrected chi connectivity index (χ3v) is 1.95. The van der Waals surface area contributed by atoms with Crippen molar-refractivity contribution in [2.45, 2.75) is 13.8 Å². The summed E-state index contributed by atoms with van der Waals surface area (Å²) < 4.78 is 5.01. The molecule has 0 saturated carbocycles. The Hall–Kier alpha value is -1.52. The fourth-order valence-electron chi connectivity index (χ4n) is 1.26. The van der Waals surface area contributed by atoms with Gasteiger partial charge in [-0.05, 0) is 13.8 Å². The molecule has 2 N–H and O–H groups in total. The predicted molar refractivity (Wildman–Crippen MR) is 49.9 cm³/mol. The number of aryl methyl sites for hydroxylation is 2. The molecule has 1 aliphatic heterocycles. The van der Waals surface area contributed by atoms with E-state index < -0.39 is 0 Å². The van der Waals surface area contributed by atoms with Crippen LogP contribution in [0.15, 0.2) is 9.52 Å². The number of hydrogen-bond donors (Lipinski definition) is 2. The molecule has 0 spiro atoms. The highest BCUT2D eigenvalue weighted by Gasteiger charge is 2.12. The average Bonchev–Trinajstić information content (AvgIpc) is 2.70. The van der Waals surface area contributed by atoms with Crippen LogP contribution < -0.4 is 10.6 Å². The van der Waals surface area contributed by atoms with E-state index in [1.54, 1.807) is 0 Å². The number of nitrogens with zero attached hydrogens (tertiary/aromatic N) is 2. The van der Waals surface area contributed by atoms with Crippen LogP contribution in [0.3, 0.4) is 0 Å². The first-order valence-corrected chi connectivity index (χ1v) is 4.25. The van der Waals surface area contributed by atoms with Crippen LogP contribution in [0.1, 0.15) is 11.5 Å². The second kappa shape index (κ2) is 3.08. The smallest absolute Gasteiger partial charge is 0.196 e. The van der Waals surface area contributed by atoms with Gasteiger partial charge in [0.25, 0.3) is 0 Å². The Morgan fingerprint density at radius 2 is 2.31 bits per heavy atom. The average molecular weight is 180 g/mol. The molecule has 0 radical (unpaired) electrons. The van der Waals surface area contributed by atoms with Gasteiger partial charge in [-0.3, -0.25) is 4.99 Å². The van der Waals surface area contributed by atoms with E-state index in [0.717, 1.165) is 36.2 Å². The van der Waals surface area contributed by atoms with Gasteiger partial charge >= 0.3 is 0 Å². The van der Waals surface area contributed by atoms with Crippen LogP contribution in [0.2, 0.25) is 0 Å². The number of rotatable bonds is 1. The molecule has 1 aromatic rings. The third-order valence-electron chi connectivity index (χ3n) is 1.95. The van der Waals surface area contributed by atoms with Crippen LogP contribution >= 0.6 is 0 Å². The van der Waals surface area contributed by atoms with Gasteiger partial charge in [-0.1, -0.05) is 5.16 Å². The molecular weight excluding hydrogens is 168 g/mol. The van der Waals surface area contributed by atoms with Gasteiger partial charge in [0, 0.05) is 6.54 Å². The molecule has 0 saturated heterocycles. The van der Waals surface area contributed by atoms with Gasteiger partial charge in [0.1, 0.15) is 11.4 Å². The maximum absolute atomic E-state index is 5.01. The minimum Gasteiger partial charge on any atom is -0.359 e. The SMILES string of the molecule is Cc1noc(C)c1NC1=NCCN1. The molecule has 0 atom stereocenters. The van der Waals surface area contributed by atoms with Gasteiger partial charge < -0.3 is 15.2 Å². The van der Waals surface area contributed by atoms with E-state index in [1.165, 1.54) is 0 Å². The van der Waals surface area contributed by atoms with Crippen LogP contribution in [0, 0.1) is 13.8 Å². The van der Waals surface area contributed by atoms with Gasteiger partial charge in [0.05, 0.1) is 6.54 Å². The molecule has 70 valence electrons. The van der Waals surface area contributed by atoms with Gasteiger partial charge in [-0.25, -0.2) is 0 Å². The molecule has 0 bridgehead atoms. The van der Waals surface area contributed by atoms with Crippen LogP contribution in [-0.2, 0) is 0 Å². The van der Waals surface area contributed by atoms with Crippen molar-refractivity contribution in [3.05, 3.63) is 11.5 Å². The Morgan fingerprint density at radius 3 is 2.85 bits per heavy atom. The first-order chi connectivity index (χ1) is 6.27. The van der Waals surface area contributed by atoms with Crippen LogP contribution in [0.5, 0.6) is 0 Å².